The number of hydrogen-bond donors (Lipinski definition) is 3. The first-order valence-electron chi connectivity index (χ1n) is 11.2. The zero-order valence-corrected chi connectivity index (χ0v) is 20.8. The number of aliphatic imine (C=N–C) groups is 1. The van der Waals surface area contributed by atoms with Crippen LogP contribution in [0.4, 0.5) is 4.39 Å². The Bertz CT molecular complexity index is 1010. The van der Waals surface area contributed by atoms with Crippen LogP contribution in [-0.2, 0) is 11.2 Å². The van der Waals surface area contributed by atoms with Crippen LogP contribution in [0.25, 0.3) is 10.9 Å². The number of nitrogens with one attached hydrogen (secondary N) is 3. The standard InChI is InChI=1S/C25H31FN4O.HI/c1-2-27-25(28-13-12-19-16-29-23-11-10-21(26)15-22(19)23)30-17-20-9-6-14-31-24(20)18-7-4-3-5-8-18;/h3-5,7-8,10-11,15-16,20,24,29H,2,6,9,12-14,17H2,1H3,(H2,27,28,30);1H. The monoisotopic (exact) mass is 550 g/mol. The van der Waals surface area contributed by atoms with Crippen LogP contribution in [0.5, 0.6) is 0 Å². The van der Waals surface area contributed by atoms with Crippen molar-refractivity contribution in [3.05, 3.63) is 71.7 Å². The van der Waals surface area contributed by atoms with E-state index in [-0.39, 0.29) is 35.9 Å². The third kappa shape index (κ3) is 6.22. The lowest BCUT2D eigenvalue weighted by Crippen LogP contribution is -2.39. The van der Waals surface area contributed by atoms with Gasteiger partial charge in [-0.2, -0.15) is 0 Å². The van der Waals surface area contributed by atoms with Crippen LogP contribution in [0.1, 0.15) is 37.0 Å². The van der Waals surface area contributed by atoms with Gasteiger partial charge in [-0.15, -0.1) is 24.0 Å². The molecule has 3 aromatic rings. The van der Waals surface area contributed by atoms with Crippen molar-refractivity contribution in [2.75, 3.05) is 26.2 Å². The summed E-state index contributed by atoms with van der Waals surface area (Å²) in [4.78, 5) is 8.07. The van der Waals surface area contributed by atoms with Gasteiger partial charge in [-0.05, 0) is 55.5 Å². The molecular weight excluding hydrogens is 518 g/mol. The molecule has 1 aliphatic heterocycles. The van der Waals surface area contributed by atoms with E-state index in [4.69, 9.17) is 9.73 Å². The molecule has 1 fully saturated rings. The van der Waals surface area contributed by atoms with E-state index in [1.54, 1.807) is 12.1 Å². The fraction of sp³-hybridized carbons (Fsp3) is 0.400. The number of hydrogen-bond acceptors (Lipinski definition) is 2. The molecule has 0 radical (unpaired) electrons. The Labute approximate surface area is 206 Å². The molecule has 32 heavy (non-hydrogen) atoms. The van der Waals surface area contributed by atoms with Crippen LogP contribution < -0.4 is 10.6 Å². The fourth-order valence-corrected chi connectivity index (χ4v) is 4.26. The summed E-state index contributed by atoms with van der Waals surface area (Å²) in [6.45, 7) is 5.11. The number of ether oxygens (including phenoxy) is 1. The van der Waals surface area contributed by atoms with E-state index in [1.165, 1.54) is 11.6 Å². The minimum atomic E-state index is -0.209. The van der Waals surface area contributed by atoms with Gasteiger partial charge in [-0.1, -0.05) is 30.3 Å². The number of nitrogens with zero attached hydrogens (tertiary/aromatic N) is 1. The van der Waals surface area contributed by atoms with E-state index in [0.29, 0.717) is 12.5 Å². The molecule has 4 rings (SSSR count). The predicted molar refractivity (Wildman–Crippen MR) is 139 cm³/mol. The largest absolute Gasteiger partial charge is 0.373 e. The van der Waals surface area contributed by atoms with E-state index in [2.05, 4.69) is 46.8 Å². The molecule has 2 atom stereocenters. The Hall–Kier alpha value is -2.13. The normalized spacial score (nSPS) is 18.9. The molecule has 0 amide bonds. The van der Waals surface area contributed by atoms with Crippen LogP contribution in [0, 0.1) is 11.7 Å². The Morgan fingerprint density at radius 2 is 2.03 bits per heavy atom. The first-order valence-corrected chi connectivity index (χ1v) is 11.2. The third-order valence-corrected chi connectivity index (χ3v) is 5.82. The molecule has 3 N–H and O–H groups in total. The lowest BCUT2D eigenvalue weighted by atomic mass is 9.89. The van der Waals surface area contributed by atoms with Crippen LogP contribution in [-0.4, -0.2) is 37.2 Å². The predicted octanol–water partition coefficient (Wildman–Crippen LogP) is 5.19. The summed E-state index contributed by atoms with van der Waals surface area (Å²) in [6.07, 6.45) is 5.03. The van der Waals surface area contributed by atoms with E-state index < -0.39 is 0 Å². The molecule has 0 spiro atoms. The smallest absolute Gasteiger partial charge is 0.191 e. The SMILES string of the molecule is CCNC(=NCC1CCCOC1c1ccccc1)NCCc1c[nH]c2ccc(F)cc12.I. The molecule has 0 saturated carbocycles. The van der Waals surface area contributed by atoms with Crippen LogP contribution in [0.15, 0.2) is 59.7 Å². The second-order valence-corrected chi connectivity index (χ2v) is 8.00. The number of guanidine groups is 1. The molecule has 1 aliphatic rings. The Kier molecular flexibility index (Phi) is 9.35. The van der Waals surface area contributed by atoms with Gasteiger partial charge in [0.25, 0.3) is 0 Å². The minimum absolute atomic E-state index is 0. The summed E-state index contributed by atoms with van der Waals surface area (Å²) in [5.41, 5.74) is 3.29. The molecule has 2 unspecified atom stereocenters. The van der Waals surface area contributed by atoms with E-state index in [1.807, 2.05) is 12.3 Å². The number of H-pyrrole nitrogens is 1. The summed E-state index contributed by atoms with van der Waals surface area (Å²) in [7, 11) is 0. The number of aromatic nitrogens is 1. The lowest BCUT2D eigenvalue weighted by Gasteiger charge is -2.31. The maximum atomic E-state index is 13.6. The number of benzene rings is 2. The highest BCUT2D eigenvalue weighted by molar-refractivity contribution is 14.0. The van der Waals surface area contributed by atoms with Crippen molar-refractivity contribution in [2.24, 2.45) is 10.9 Å². The summed E-state index contributed by atoms with van der Waals surface area (Å²) in [5.74, 6) is 0.966. The van der Waals surface area contributed by atoms with Gasteiger partial charge < -0.3 is 20.4 Å². The molecule has 1 saturated heterocycles. The average molecular weight is 550 g/mol. The van der Waals surface area contributed by atoms with Crippen LogP contribution >= 0.6 is 24.0 Å². The fourth-order valence-electron chi connectivity index (χ4n) is 4.26. The van der Waals surface area contributed by atoms with Gasteiger partial charge >= 0.3 is 0 Å². The van der Waals surface area contributed by atoms with Gasteiger partial charge in [0.05, 0.1) is 6.10 Å². The van der Waals surface area contributed by atoms with Crippen molar-refractivity contribution in [3.8, 4) is 0 Å². The van der Waals surface area contributed by atoms with Crippen LogP contribution in [0.2, 0.25) is 0 Å². The van der Waals surface area contributed by atoms with Gasteiger partial charge in [0.1, 0.15) is 5.82 Å². The van der Waals surface area contributed by atoms with E-state index >= 15 is 0 Å². The van der Waals surface area contributed by atoms with Crippen molar-refractivity contribution in [1.29, 1.82) is 0 Å². The maximum absolute atomic E-state index is 13.6. The summed E-state index contributed by atoms with van der Waals surface area (Å²) in [5, 5.41) is 7.70. The van der Waals surface area contributed by atoms with Gasteiger partial charge in [0, 0.05) is 49.3 Å². The maximum Gasteiger partial charge on any atom is 0.191 e. The quantitative estimate of drug-likeness (QED) is 0.216. The van der Waals surface area contributed by atoms with Gasteiger partial charge in [-0.25, -0.2) is 4.39 Å². The number of aromatic amines is 1. The third-order valence-electron chi connectivity index (χ3n) is 5.82. The molecule has 0 bridgehead atoms. The Balaban J connectivity index is 0.00000289. The highest BCUT2D eigenvalue weighted by Gasteiger charge is 2.27. The van der Waals surface area contributed by atoms with E-state index in [0.717, 1.165) is 61.4 Å². The van der Waals surface area contributed by atoms with Crippen molar-refractivity contribution in [2.45, 2.75) is 32.3 Å². The van der Waals surface area contributed by atoms with Crippen molar-refractivity contribution < 1.29 is 9.13 Å². The average Bonchev–Trinajstić information content (AvgIpc) is 3.20. The summed E-state index contributed by atoms with van der Waals surface area (Å²) >= 11 is 0. The molecule has 2 heterocycles. The first-order chi connectivity index (χ1) is 15.2. The summed E-state index contributed by atoms with van der Waals surface area (Å²) in [6, 6.07) is 15.3. The van der Waals surface area contributed by atoms with Crippen molar-refractivity contribution >= 4 is 40.8 Å². The molecule has 5 nitrogen and oxygen atoms in total. The topological polar surface area (TPSA) is 61.4 Å². The molecule has 2 aromatic carbocycles. The molecule has 172 valence electrons. The number of fused-ring (bicyclic) bond motifs is 1. The first kappa shape index (κ1) is 24.5. The molecule has 1 aromatic heterocycles. The Morgan fingerprint density at radius 3 is 2.84 bits per heavy atom. The number of halogens is 2. The van der Waals surface area contributed by atoms with Crippen molar-refractivity contribution in [1.82, 2.24) is 15.6 Å². The van der Waals surface area contributed by atoms with E-state index in [9.17, 15) is 4.39 Å². The van der Waals surface area contributed by atoms with Gasteiger partial charge in [0.15, 0.2) is 5.96 Å². The van der Waals surface area contributed by atoms with Gasteiger partial charge in [0.2, 0.25) is 0 Å². The zero-order valence-electron chi connectivity index (χ0n) is 18.4. The lowest BCUT2D eigenvalue weighted by molar-refractivity contribution is -0.0250. The molecule has 0 aliphatic carbocycles. The minimum Gasteiger partial charge on any atom is -0.373 e. The highest BCUT2D eigenvalue weighted by Crippen LogP contribution is 2.33. The van der Waals surface area contributed by atoms with Gasteiger partial charge in [-0.3, -0.25) is 4.99 Å². The van der Waals surface area contributed by atoms with Crippen LogP contribution in [0.3, 0.4) is 0 Å². The molecule has 7 heteroatoms. The zero-order chi connectivity index (χ0) is 21.5. The van der Waals surface area contributed by atoms with Crippen molar-refractivity contribution in [3.63, 3.8) is 0 Å². The number of rotatable bonds is 7. The Morgan fingerprint density at radius 1 is 1.19 bits per heavy atom. The highest BCUT2D eigenvalue weighted by atomic mass is 127. The molecular formula is C25H32FIN4O. The second-order valence-electron chi connectivity index (χ2n) is 8.00. The second kappa shape index (κ2) is 12.2. The summed E-state index contributed by atoms with van der Waals surface area (Å²) < 4.78 is 19.7.